The second-order valence-electron chi connectivity index (χ2n) is 6.33. The summed E-state index contributed by atoms with van der Waals surface area (Å²) in [5.74, 6) is -1.41. The van der Waals surface area contributed by atoms with Crippen LogP contribution in [0.3, 0.4) is 0 Å². The predicted molar refractivity (Wildman–Crippen MR) is 104 cm³/mol. The molecule has 1 aliphatic heterocycles. The fourth-order valence-electron chi connectivity index (χ4n) is 2.65. The number of thiazole rings is 1. The van der Waals surface area contributed by atoms with Gasteiger partial charge in [0, 0.05) is 25.9 Å². The first-order valence-corrected chi connectivity index (χ1v) is 9.01. The molecule has 0 N–H and O–H groups in total. The molecule has 3 rings (SSSR count). The number of nitrogens with zero attached hydrogens (tertiary/aromatic N) is 4. The molecule has 146 valence electrons. The van der Waals surface area contributed by atoms with Crippen LogP contribution in [0.25, 0.3) is 10.2 Å². The zero-order valence-electron chi connectivity index (χ0n) is 15.0. The first kappa shape index (κ1) is 21.2. The Morgan fingerprint density at radius 1 is 1.22 bits per heavy atom. The second-order valence-corrected chi connectivity index (χ2v) is 7.34. The van der Waals surface area contributed by atoms with Crippen LogP contribution >= 0.6 is 23.7 Å². The van der Waals surface area contributed by atoms with Crippen molar-refractivity contribution in [1.29, 1.82) is 0 Å². The summed E-state index contributed by atoms with van der Waals surface area (Å²) in [5, 5.41) is 0.427. The molecule has 1 aromatic heterocycles. The Kier molecular flexibility index (Phi) is 6.85. The predicted octanol–water partition coefficient (Wildman–Crippen LogP) is 1.90. The van der Waals surface area contributed by atoms with Gasteiger partial charge in [-0.25, -0.2) is 9.37 Å². The molecule has 1 aromatic carbocycles. The Morgan fingerprint density at radius 2 is 1.89 bits per heavy atom. The van der Waals surface area contributed by atoms with Crippen molar-refractivity contribution in [1.82, 2.24) is 14.8 Å². The van der Waals surface area contributed by atoms with Crippen LogP contribution in [0.2, 0.25) is 0 Å². The van der Waals surface area contributed by atoms with E-state index < -0.39 is 0 Å². The van der Waals surface area contributed by atoms with Crippen LogP contribution in [0, 0.1) is 5.82 Å². The third kappa shape index (κ3) is 4.79. The average Bonchev–Trinajstić information content (AvgIpc) is 3.12. The molecule has 10 heteroatoms. The highest BCUT2D eigenvalue weighted by atomic mass is 35.5. The van der Waals surface area contributed by atoms with E-state index in [1.807, 2.05) is 19.0 Å². The molecule has 0 aliphatic carbocycles. The van der Waals surface area contributed by atoms with E-state index in [4.69, 9.17) is 0 Å². The van der Waals surface area contributed by atoms with E-state index in [-0.39, 0.29) is 55.3 Å². The van der Waals surface area contributed by atoms with E-state index in [0.717, 1.165) is 4.90 Å². The van der Waals surface area contributed by atoms with Gasteiger partial charge in [-0.1, -0.05) is 11.3 Å². The number of aromatic nitrogens is 1. The summed E-state index contributed by atoms with van der Waals surface area (Å²) in [4.78, 5) is 45.2. The number of carbonyl (C=O) groups excluding carboxylic acids is 3. The molecule has 3 amide bonds. The topological polar surface area (TPSA) is 73.8 Å². The lowest BCUT2D eigenvalue weighted by molar-refractivity contribution is -0.141. The highest BCUT2D eigenvalue weighted by molar-refractivity contribution is 7.22. The van der Waals surface area contributed by atoms with E-state index in [0.29, 0.717) is 28.4 Å². The third-order valence-corrected chi connectivity index (χ3v) is 5.13. The number of carbonyl (C=O) groups is 3. The van der Waals surface area contributed by atoms with Crippen molar-refractivity contribution in [2.24, 2.45) is 0 Å². The highest BCUT2D eigenvalue weighted by Crippen LogP contribution is 2.29. The summed E-state index contributed by atoms with van der Waals surface area (Å²) >= 11 is 1.21. The lowest BCUT2D eigenvalue weighted by atomic mass is 10.3. The Hall–Kier alpha value is -2.10. The quantitative estimate of drug-likeness (QED) is 0.675. The van der Waals surface area contributed by atoms with Crippen LogP contribution in [0.1, 0.15) is 12.8 Å². The minimum absolute atomic E-state index is 0. The monoisotopic (exact) mass is 414 g/mol. The van der Waals surface area contributed by atoms with E-state index in [1.165, 1.54) is 28.4 Å². The maximum atomic E-state index is 13.4. The molecule has 0 radical (unpaired) electrons. The van der Waals surface area contributed by atoms with E-state index in [1.54, 1.807) is 6.07 Å². The number of hydrogen-bond donors (Lipinski definition) is 0. The van der Waals surface area contributed by atoms with E-state index in [9.17, 15) is 18.8 Å². The summed E-state index contributed by atoms with van der Waals surface area (Å²) < 4.78 is 14.1. The lowest BCUT2D eigenvalue weighted by Gasteiger charge is -2.24. The number of amides is 3. The van der Waals surface area contributed by atoms with Gasteiger partial charge in [0.05, 0.1) is 10.2 Å². The lowest BCUT2D eigenvalue weighted by Crippen LogP contribution is -2.44. The van der Waals surface area contributed by atoms with Crippen LogP contribution < -0.4 is 4.90 Å². The number of hydrogen-bond acceptors (Lipinski definition) is 6. The molecule has 2 aromatic rings. The highest BCUT2D eigenvalue weighted by Gasteiger charge is 2.32. The van der Waals surface area contributed by atoms with Crippen molar-refractivity contribution in [2.75, 3.05) is 38.6 Å². The smallest absolute Gasteiger partial charge is 0.248 e. The Balaban J connectivity index is 0.00000261. The number of benzene rings is 1. The van der Waals surface area contributed by atoms with Crippen molar-refractivity contribution in [3.8, 4) is 0 Å². The second kappa shape index (κ2) is 8.73. The number of anilines is 1. The molecule has 27 heavy (non-hydrogen) atoms. The normalized spacial score (nSPS) is 14.1. The van der Waals surface area contributed by atoms with E-state index in [2.05, 4.69) is 4.98 Å². The standard InChI is InChI=1S/C17H19FN4O3S.ClH/c1-20(2)7-8-21(16(25)10-22-14(23)5-6-15(22)24)17-19-12-4-3-11(18)9-13(12)26-17;/h3-4,9H,5-8,10H2,1-2H3;1H. The van der Waals surface area contributed by atoms with Gasteiger partial charge in [0.15, 0.2) is 5.13 Å². The van der Waals surface area contributed by atoms with Crippen LogP contribution in [0.5, 0.6) is 0 Å². The van der Waals surface area contributed by atoms with Crippen LogP contribution in [0.15, 0.2) is 18.2 Å². The molecule has 0 unspecified atom stereocenters. The minimum atomic E-state index is -0.380. The Morgan fingerprint density at radius 3 is 2.52 bits per heavy atom. The molecule has 1 aliphatic rings. The maximum Gasteiger partial charge on any atom is 0.248 e. The van der Waals surface area contributed by atoms with Gasteiger partial charge in [-0.3, -0.25) is 24.2 Å². The van der Waals surface area contributed by atoms with Crippen LogP contribution in [-0.4, -0.2) is 66.2 Å². The maximum absolute atomic E-state index is 13.4. The zero-order valence-corrected chi connectivity index (χ0v) is 16.6. The molecular formula is C17H20ClFN4O3S. The molecule has 1 saturated heterocycles. The van der Waals surface area contributed by atoms with E-state index >= 15 is 0 Å². The largest absolute Gasteiger partial charge is 0.308 e. The molecule has 2 heterocycles. The molecule has 1 fully saturated rings. The zero-order chi connectivity index (χ0) is 18.8. The molecule has 0 atom stereocenters. The molecule has 0 saturated carbocycles. The Bertz CT molecular complexity index is 857. The summed E-state index contributed by atoms with van der Waals surface area (Å²) in [7, 11) is 3.76. The van der Waals surface area contributed by atoms with Crippen molar-refractivity contribution < 1.29 is 18.8 Å². The molecule has 0 bridgehead atoms. The number of rotatable bonds is 6. The minimum Gasteiger partial charge on any atom is -0.308 e. The van der Waals surface area contributed by atoms with Gasteiger partial charge in [-0.2, -0.15) is 0 Å². The van der Waals surface area contributed by atoms with Gasteiger partial charge < -0.3 is 4.90 Å². The van der Waals surface area contributed by atoms with Gasteiger partial charge in [0.25, 0.3) is 0 Å². The summed E-state index contributed by atoms with van der Waals surface area (Å²) in [6.07, 6.45) is 0.286. The van der Waals surface area contributed by atoms with Gasteiger partial charge in [-0.05, 0) is 32.3 Å². The fourth-order valence-corrected chi connectivity index (χ4v) is 3.68. The van der Waals surface area contributed by atoms with Crippen molar-refractivity contribution in [3.05, 3.63) is 24.0 Å². The first-order valence-electron chi connectivity index (χ1n) is 8.19. The SMILES string of the molecule is CN(C)CCN(C(=O)CN1C(=O)CCC1=O)c1nc2ccc(F)cc2s1.Cl. The first-order chi connectivity index (χ1) is 12.3. The number of likely N-dealkylation sites (tertiary alicyclic amines) is 1. The van der Waals surface area contributed by atoms with Crippen molar-refractivity contribution in [2.45, 2.75) is 12.8 Å². The van der Waals surface area contributed by atoms with Gasteiger partial charge in [0.1, 0.15) is 12.4 Å². The number of fused-ring (bicyclic) bond motifs is 1. The Labute approximate surface area is 166 Å². The van der Waals surface area contributed by atoms with Crippen molar-refractivity contribution in [3.63, 3.8) is 0 Å². The summed E-state index contributed by atoms with van der Waals surface area (Å²) in [6.45, 7) is 0.637. The van der Waals surface area contributed by atoms with Crippen LogP contribution in [0.4, 0.5) is 9.52 Å². The summed E-state index contributed by atoms with van der Waals surface area (Å²) in [5.41, 5.74) is 0.599. The number of likely N-dealkylation sites (N-methyl/N-ethyl adjacent to an activating group) is 1. The van der Waals surface area contributed by atoms with Crippen molar-refractivity contribution >= 4 is 56.8 Å². The van der Waals surface area contributed by atoms with Gasteiger partial charge in [-0.15, -0.1) is 12.4 Å². The third-order valence-electron chi connectivity index (χ3n) is 4.09. The molecular weight excluding hydrogens is 395 g/mol. The molecule has 7 nitrogen and oxygen atoms in total. The van der Waals surface area contributed by atoms with Gasteiger partial charge >= 0.3 is 0 Å². The number of imide groups is 1. The molecule has 0 spiro atoms. The fraction of sp³-hybridized carbons (Fsp3) is 0.412. The average molecular weight is 415 g/mol. The van der Waals surface area contributed by atoms with Gasteiger partial charge in [0.2, 0.25) is 17.7 Å². The van der Waals surface area contributed by atoms with Crippen LogP contribution in [-0.2, 0) is 14.4 Å². The summed E-state index contributed by atoms with van der Waals surface area (Å²) in [6, 6.07) is 4.25. The number of halogens is 2.